The van der Waals surface area contributed by atoms with Crippen LogP contribution in [-0.2, 0) is 0 Å². The third-order valence-corrected chi connectivity index (χ3v) is 6.38. The first-order valence-corrected chi connectivity index (χ1v) is 9.37. The molecule has 0 spiro atoms. The molecule has 23 heavy (non-hydrogen) atoms. The summed E-state index contributed by atoms with van der Waals surface area (Å²) in [4.78, 5) is 0. The highest BCUT2D eigenvalue weighted by molar-refractivity contribution is 7.80. The topological polar surface area (TPSA) is 24.1 Å². The molecule has 122 valence electrons. The normalized spacial score (nSPS) is 34.0. The molecule has 2 bridgehead atoms. The van der Waals surface area contributed by atoms with Crippen molar-refractivity contribution in [1.82, 2.24) is 5.32 Å². The number of allylic oxidation sites excluding steroid dienone is 2. The van der Waals surface area contributed by atoms with Crippen LogP contribution < -0.4 is 10.6 Å². The summed E-state index contributed by atoms with van der Waals surface area (Å²) in [6, 6.07) is 9.17. The van der Waals surface area contributed by atoms with Crippen molar-refractivity contribution in [3.8, 4) is 0 Å². The zero-order chi connectivity index (χ0) is 16.0. The maximum Gasteiger partial charge on any atom is 0.171 e. The van der Waals surface area contributed by atoms with Crippen molar-refractivity contribution in [3.05, 3.63) is 42.0 Å². The number of benzene rings is 1. The summed E-state index contributed by atoms with van der Waals surface area (Å²) in [5, 5.41) is 7.73. The summed E-state index contributed by atoms with van der Waals surface area (Å²) >= 11 is 5.55. The van der Waals surface area contributed by atoms with Crippen LogP contribution in [0.25, 0.3) is 0 Å². The molecule has 0 radical (unpaired) electrons. The molecule has 2 fully saturated rings. The molecule has 2 N–H and O–H groups in total. The Morgan fingerprint density at radius 3 is 2.65 bits per heavy atom. The van der Waals surface area contributed by atoms with Crippen LogP contribution in [-0.4, -0.2) is 11.2 Å². The summed E-state index contributed by atoms with van der Waals surface area (Å²) in [6.07, 6.45) is 8.85. The lowest BCUT2D eigenvalue weighted by molar-refractivity contribution is 0.246. The van der Waals surface area contributed by atoms with E-state index >= 15 is 0 Å². The molecule has 3 aliphatic rings. The highest BCUT2D eigenvalue weighted by atomic mass is 32.1. The second-order valence-electron chi connectivity index (χ2n) is 7.78. The minimum atomic E-state index is 0.555. The van der Waals surface area contributed by atoms with Gasteiger partial charge in [0.25, 0.3) is 0 Å². The largest absolute Gasteiger partial charge is 0.359 e. The van der Waals surface area contributed by atoms with Gasteiger partial charge in [-0.15, -0.1) is 0 Å². The molecule has 1 aromatic rings. The van der Waals surface area contributed by atoms with E-state index in [1.807, 2.05) is 0 Å². The Hall–Kier alpha value is -1.35. The van der Waals surface area contributed by atoms with E-state index in [-0.39, 0.29) is 0 Å². The molecule has 0 saturated heterocycles. The van der Waals surface area contributed by atoms with Gasteiger partial charge in [0.05, 0.1) is 0 Å². The van der Waals surface area contributed by atoms with E-state index in [0.29, 0.717) is 12.0 Å². The smallest absolute Gasteiger partial charge is 0.171 e. The Morgan fingerprint density at radius 2 is 1.91 bits per heavy atom. The Kier molecular flexibility index (Phi) is 3.92. The van der Waals surface area contributed by atoms with Gasteiger partial charge in [-0.25, -0.2) is 0 Å². The first-order chi connectivity index (χ1) is 11.1. The van der Waals surface area contributed by atoms with E-state index in [9.17, 15) is 0 Å². The average molecular weight is 327 g/mol. The highest BCUT2D eigenvalue weighted by Crippen LogP contribution is 2.56. The fraction of sp³-hybridized carbons (Fsp3) is 0.550. The first-order valence-electron chi connectivity index (χ1n) is 8.96. The van der Waals surface area contributed by atoms with Crippen LogP contribution >= 0.6 is 12.2 Å². The Labute approximate surface area is 144 Å². The van der Waals surface area contributed by atoms with E-state index in [1.54, 1.807) is 0 Å². The van der Waals surface area contributed by atoms with Crippen molar-refractivity contribution < 1.29 is 0 Å². The summed E-state index contributed by atoms with van der Waals surface area (Å²) in [5.41, 5.74) is 2.44. The van der Waals surface area contributed by atoms with Gasteiger partial charge >= 0.3 is 0 Å². The predicted molar refractivity (Wildman–Crippen MR) is 101 cm³/mol. The van der Waals surface area contributed by atoms with Crippen molar-refractivity contribution in [2.24, 2.45) is 23.7 Å². The maximum absolute atomic E-state index is 5.55. The van der Waals surface area contributed by atoms with Crippen LogP contribution in [0, 0.1) is 23.7 Å². The molecule has 5 atom stereocenters. The van der Waals surface area contributed by atoms with Gasteiger partial charge in [-0.1, -0.05) is 38.1 Å². The Bertz CT molecular complexity index is 619. The molecule has 3 aliphatic carbocycles. The number of hydrogen-bond acceptors (Lipinski definition) is 1. The standard InChI is InChI=1S/C20H26N2S/c1-12(2)13-6-8-15(9-7-13)21-20(23)22-19-11-14-10-18(19)17-5-3-4-16(14)17/h3,5-9,12,14,16-19H,4,10-11H2,1-2H3,(H2,21,22,23)/t14-,16-,17+,18+,19+/m1/s1. The lowest BCUT2D eigenvalue weighted by Gasteiger charge is -2.32. The lowest BCUT2D eigenvalue weighted by Crippen LogP contribution is -2.44. The van der Waals surface area contributed by atoms with Crippen molar-refractivity contribution in [3.63, 3.8) is 0 Å². The molecule has 0 amide bonds. The molecule has 4 rings (SSSR count). The van der Waals surface area contributed by atoms with E-state index in [0.717, 1.165) is 34.5 Å². The molecule has 0 unspecified atom stereocenters. The predicted octanol–water partition coefficient (Wildman–Crippen LogP) is 4.70. The average Bonchev–Trinajstić information content (AvgIpc) is 3.19. The summed E-state index contributed by atoms with van der Waals surface area (Å²) in [5.74, 6) is 4.00. The zero-order valence-electron chi connectivity index (χ0n) is 14.0. The van der Waals surface area contributed by atoms with Gasteiger partial charge < -0.3 is 10.6 Å². The Balaban J connectivity index is 1.35. The van der Waals surface area contributed by atoms with Crippen molar-refractivity contribution in [1.29, 1.82) is 0 Å². The Morgan fingerprint density at radius 1 is 1.13 bits per heavy atom. The van der Waals surface area contributed by atoms with Crippen LogP contribution in [0.3, 0.4) is 0 Å². The van der Waals surface area contributed by atoms with E-state index in [1.165, 1.54) is 24.8 Å². The number of fused-ring (bicyclic) bond motifs is 5. The van der Waals surface area contributed by atoms with E-state index < -0.39 is 0 Å². The van der Waals surface area contributed by atoms with Gasteiger partial charge in [0.2, 0.25) is 0 Å². The highest BCUT2D eigenvalue weighted by Gasteiger charge is 2.52. The molecule has 1 aromatic carbocycles. The van der Waals surface area contributed by atoms with Gasteiger partial charge in [-0.2, -0.15) is 0 Å². The summed E-state index contributed by atoms with van der Waals surface area (Å²) < 4.78 is 0. The van der Waals surface area contributed by atoms with Gasteiger partial charge in [-0.3, -0.25) is 0 Å². The van der Waals surface area contributed by atoms with Crippen molar-refractivity contribution >= 4 is 23.0 Å². The molecule has 3 heteroatoms. The number of rotatable bonds is 3. The van der Waals surface area contributed by atoms with E-state index in [2.05, 4.69) is 60.9 Å². The minimum absolute atomic E-state index is 0.555. The fourth-order valence-corrected chi connectivity index (χ4v) is 5.27. The van der Waals surface area contributed by atoms with Crippen LogP contribution in [0.4, 0.5) is 5.69 Å². The van der Waals surface area contributed by atoms with Crippen LogP contribution in [0.5, 0.6) is 0 Å². The van der Waals surface area contributed by atoms with Crippen molar-refractivity contribution in [2.75, 3.05) is 5.32 Å². The third kappa shape index (κ3) is 2.80. The molecule has 0 aromatic heterocycles. The second-order valence-corrected chi connectivity index (χ2v) is 8.19. The SMILES string of the molecule is CC(C)c1ccc(NC(=S)N[C@H]2C[C@H]3C[C@H]2[C@H]2C=CC[C@H]32)cc1. The van der Waals surface area contributed by atoms with E-state index in [4.69, 9.17) is 12.2 Å². The number of hydrogen-bond donors (Lipinski definition) is 2. The summed E-state index contributed by atoms with van der Waals surface area (Å²) in [7, 11) is 0. The summed E-state index contributed by atoms with van der Waals surface area (Å²) in [6.45, 7) is 4.43. The maximum atomic E-state index is 5.55. The van der Waals surface area contributed by atoms with Gasteiger partial charge in [0.15, 0.2) is 5.11 Å². The number of thiocarbonyl (C=S) groups is 1. The minimum Gasteiger partial charge on any atom is -0.359 e. The molecule has 2 saturated carbocycles. The van der Waals surface area contributed by atoms with Crippen LogP contribution in [0.2, 0.25) is 0 Å². The molecule has 2 nitrogen and oxygen atoms in total. The molecule has 0 heterocycles. The lowest BCUT2D eigenvalue weighted by atomic mass is 9.79. The van der Waals surface area contributed by atoms with Gasteiger partial charge in [-0.05, 0) is 78.8 Å². The van der Waals surface area contributed by atoms with Crippen LogP contribution in [0.15, 0.2) is 36.4 Å². The van der Waals surface area contributed by atoms with Crippen LogP contribution in [0.1, 0.15) is 44.6 Å². The van der Waals surface area contributed by atoms with Gasteiger partial charge in [0.1, 0.15) is 0 Å². The quantitative estimate of drug-likeness (QED) is 0.622. The fourth-order valence-electron chi connectivity index (χ4n) is 5.00. The molecular formula is C20H26N2S. The van der Waals surface area contributed by atoms with Crippen molar-refractivity contribution in [2.45, 2.75) is 45.1 Å². The first kappa shape index (κ1) is 15.2. The monoisotopic (exact) mass is 326 g/mol. The molecular weight excluding hydrogens is 300 g/mol. The van der Waals surface area contributed by atoms with Gasteiger partial charge in [0, 0.05) is 11.7 Å². The zero-order valence-corrected chi connectivity index (χ0v) is 14.8. The molecule has 0 aliphatic heterocycles. The second kappa shape index (κ2) is 5.94. The number of nitrogens with one attached hydrogen (secondary N) is 2. The third-order valence-electron chi connectivity index (χ3n) is 6.16. The number of anilines is 1.